The van der Waals surface area contributed by atoms with Crippen LogP contribution in [0.5, 0.6) is 0 Å². The van der Waals surface area contributed by atoms with E-state index < -0.39 is 113 Å². The molecule has 0 spiro atoms. The van der Waals surface area contributed by atoms with Gasteiger partial charge < -0.3 is 49.1 Å². The van der Waals surface area contributed by atoms with Crippen LogP contribution in [0, 0.1) is 22.7 Å². The van der Waals surface area contributed by atoms with Crippen LogP contribution >= 0.6 is 0 Å². The average Bonchev–Trinajstić information content (AvgIpc) is 3.22. The number of benzene rings is 2. The smallest absolute Gasteiger partial charge is 0.408 e. The lowest BCUT2D eigenvalue weighted by atomic mass is 9.46. The Morgan fingerprint density at radius 2 is 1.59 bits per heavy atom. The molecule has 0 radical (unpaired) electrons. The van der Waals surface area contributed by atoms with Gasteiger partial charge in [-0.1, -0.05) is 62.4 Å². The van der Waals surface area contributed by atoms with Gasteiger partial charge in [0.15, 0.2) is 5.78 Å². The minimum absolute atomic E-state index is 0.0195. The molecule has 342 valence electrons. The first-order valence-corrected chi connectivity index (χ1v) is 21.6. The van der Waals surface area contributed by atoms with Gasteiger partial charge in [0, 0.05) is 43.2 Å². The van der Waals surface area contributed by atoms with Crippen molar-refractivity contribution < 1.29 is 67.7 Å². The standard InChI is InChI=1S/C47H60N2O14/c1-26-31(60-42(55)38(61-33(51)24-49-18-20-58-21-19-49)36(27-14-10-8-11-15-27)48-43(56)63-44(2,3)4)23-47(57)40(62-41(54)28-16-12-9-13-17-28)35-29-25-59-30(29)22-32(50)46(35,7)39(53)37(52)34(26)45(47,5)6/h8-17,29-32,35-38,40,50,52,57H,18-25H2,1-7H3,(H,48,56)/t29-,30-,31+,32+,35?,36+,37-,38-,40+,46-,47-/m1/s1. The first kappa shape index (κ1) is 46.3. The normalized spacial score (nSPS) is 32.5. The number of rotatable bonds is 10. The van der Waals surface area contributed by atoms with Crippen LogP contribution in [0.3, 0.4) is 0 Å². The second kappa shape index (κ2) is 17.7. The summed E-state index contributed by atoms with van der Waals surface area (Å²) >= 11 is 0. The molecule has 7 rings (SSSR count). The summed E-state index contributed by atoms with van der Waals surface area (Å²) in [7, 11) is 0. The number of aliphatic hydroxyl groups excluding tert-OH is 2. The van der Waals surface area contributed by atoms with E-state index >= 15 is 0 Å². The number of esters is 3. The van der Waals surface area contributed by atoms with Crippen molar-refractivity contribution in [3.05, 3.63) is 82.9 Å². The number of ether oxygens (including phenoxy) is 6. The van der Waals surface area contributed by atoms with E-state index in [1.54, 1.807) is 107 Å². The molecular formula is C47H60N2O14. The van der Waals surface area contributed by atoms with Crippen LogP contribution in [0.15, 0.2) is 71.8 Å². The summed E-state index contributed by atoms with van der Waals surface area (Å²) in [5.41, 5.74) is -5.58. The fourth-order valence-electron chi connectivity index (χ4n) is 10.3. The Labute approximate surface area is 367 Å². The predicted octanol–water partition coefficient (Wildman–Crippen LogP) is 3.46. The molecule has 2 saturated carbocycles. The largest absolute Gasteiger partial charge is 0.455 e. The van der Waals surface area contributed by atoms with Crippen molar-refractivity contribution in [2.45, 2.75) is 115 Å². The second-order valence-corrected chi connectivity index (χ2v) is 19.2. The van der Waals surface area contributed by atoms with E-state index in [1.807, 2.05) is 0 Å². The van der Waals surface area contributed by atoms with Gasteiger partial charge >= 0.3 is 24.0 Å². The lowest BCUT2D eigenvalue weighted by molar-refractivity contribution is -0.277. The lowest BCUT2D eigenvalue weighted by Crippen LogP contribution is -2.75. The molecule has 0 aromatic heterocycles. The third-order valence-electron chi connectivity index (χ3n) is 13.9. The molecule has 1 unspecified atom stereocenters. The van der Waals surface area contributed by atoms with E-state index in [0.717, 1.165) is 0 Å². The van der Waals surface area contributed by atoms with Crippen LogP contribution in [0.2, 0.25) is 0 Å². The van der Waals surface area contributed by atoms with Gasteiger partial charge in [0.2, 0.25) is 6.10 Å². The maximum Gasteiger partial charge on any atom is 0.408 e. The number of nitrogens with one attached hydrogen (secondary N) is 1. The number of alkyl carbamates (subject to hydrolysis) is 1. The quantitative estimate of drug-likeness (QED) is 0.153. The number of amides is 1. The monoisotopic (exact) mass is 876 g/mol. The van der Waals surface area contributed by atoms with E-state index in [-0.39, 0.29) is 36.3 Å². The molecule has 2 aromatic carbocycles. The highest BCUT2D eigenvalue weighted by atomic mass is 16.6. The first-order chi connectivity index (χ1) is 29.7. The Kier molecular flexibility index (Phi) is 13.0. The van der Waals surface area contributed by atoms with E-state index in [2.05, 4.69) is 5.32 Å². The fourth-order valence-corrected chi connectivity index (χ4v) is 10.3. The average molecular weight is 877 g/mol. The minimum Gasteiger partial charge on any atom is -0.455 e. The molecule has 16 heteroatoms. The third-order valence-corrected chi connectivity index (χ3v) is 13.9. The topological polar surface area (TPSA) is 217 Å². The molecule has 2 aromatic rings. The molecule has 11 atom stereocenters. The number of hydrogen-bond donors (Lipinski definition) is 4. The van der Waals surface area contributed by atoms with Crippen LogP contribution in [0.25, 0.3) is 0 Å². The molecule has 1 amide bonds. The van der Waals surface area contributed by atoms with Gasteiger partial charge in [-0.3, -0.25) is 14.5 Å². The number of carbonyl (C=O) groups excluding carboxylic acids is 5. The highest BCUT2D eigenvalue weighted by Gasteiger charge is 2.72. The van der Waals surface area contributed by atoms with Gasteiger partial charge in [-0.15, -0.1) is 0 Å². The summed E-state index contributed by atoms with van der Waals surface area (Å²) in [6.07, 6.45) is -9.77. The summed E-state index contributed by atoms with van der Waals surface area (Å²) in [5, 5.41) is 40.3. The highest BCUT2D eigenvalue weighted by Crippen LogP contribution is 2.62. The minimum atomic E-state index is -2.18. The first-order valence-electron chi connectivity index (χ1n) is 21.6. The molecular weight excluding hydrogens is 817 g/mol. The van der Waals surface area contributed by atoms with Crippen LogP contribution in [-0.2, 0) is 42.8 Å². The van der Waals surface area contributed by atoms with Crippen LogP contribution in [0.1, 0.15) is 83.3 Å². The summed E-state index contributed by atoms with van der Waals surface area (Å²) in [6.45, 7) is 13.0. The summed E-state index contributed by atoms with van der Waals surface area (Å²) in [5.74, 6) is -5.01. The fraction of sp³-hybridized carbons (Fsp3) is 0.596. The van der Waals surface area contributed by atoms with Crippen LogP contribution in [-0.4, -0.2) is 137 Å². The molecule has 16 nitrogen and oxygen atoms in total. The van der Waals surface area contributed by atoms with Gasteiger partial charge in [-0.2, -0.15) is 0 Å². The number of ketones is 1. The van der Waals surface area contributed by atoms with E-state index in [9.17, 15) is 39.3 Å². The van der Waals surface area contributed by atoms with Crippen molar-refractivity contribution in [2.24, 2.45) is 22.7 Å². The summed E-state index contributed by atoms with van der Waals surface area (Å²) in [6, 6.07) is 15.2. The lowest BCUT2D eigenvalue weighted by Gasteiger charge is -2.64. The maximum absolute atomic E-state index is 14.9. The Hall–Kier alpha value is -4.71. The third kappa shape index (κ3) is 8.77. The van der Waals surface area contributed by atoms with Crippen molar-refractivity contribution in [1.82, 2.24) is 10.2 Å². The second-order valence-electron chi connectivity index (χ2n) is 19.2. The van der Waals surface area contributed by atoms with Crippen LogP contribution in [0.4, 0.5) is 4.79 Å². The number of hydrogen-bond acceptors (Lipinski definition) is 15. The van der Waals surface area contributed by atoms with Crippen LogP contribution < -0.4 is 5.32 Å². The zero-order valence-electron chi connectivity index (χ0n) is 36.9. The van der Waals surface area contributed by atoms with E-state index in [0.29, 0.717) is 31.9 Å². The molecule has 5 aliphatic rings. The number of nitrogens with zero attached hydrogens (tertiary/aromatic N) is 1. The maximum atomic E-state index is 14.9. The van der Waals surface area contributed by atoms with Gasteiger partial charge in [-0.25, -0.2) is 14.4 Å². The van der Waals surface area contributed by atoms with Crippen molar-refractivity contribution in [1.29, 1.82) is 0 Å². The van der Waals surface area contributed by atoms with Crippen molar-refractivity contribution >= 4 is 29.8 Å². The van der Waals surface area contributed by atoms with Gasteiger partial charge in [0.25, 0.3) is 0 Å². The number of aliphatic hydroxyl groups is 3. The molecule has 63 heavy (non-hydrogen) atoms. The molecule has 4 N–H and O–H groups in total. The molecule has 2 saturated heterocycles. The Morgan fingerprint density at radius 3 is 2.19 bits per heavy atom. The van der Waals surface area contributed by atoms with Crippen molar-refractivity contribution in [2.75, 3.05) is 39.5 Å². The molecule has 2 heterocycles. The number of Topliss-reactive ketones (excluding diaryl/α,β-unsaturated/α-hetero) is 1. The summed E-state index contributed by atoms with van der Waals surface area (Å²) in [4.78, 5) is 72.9. The molecule has 2 bridgehead atoms. The zero-order valence-corrected chi connectivity index (χ0v) is 36.9. The molecule has 2 aliphatic heterocycles. The number of morpholine rings is 1. The van der Waals surface area contributed by atoms with Gasteiger partial charge in [0.1, 0.15) is 35.6 Å². The molecule has 4 fully saturated rings. The Balaban J connectivity index is 1.32. The number of fused-ring (bicyclic) bond motifs is 5. The Morgan fingerprint density at radius 1 is 0.952 bits per heavy atom. The van der Waals surface area contributed by atoms with Gasteiger partial charge in [-0.05, 0) is 63.5 Å². The highest BCUT2D eigenvalue weighted by molar-refractivity contribution is 5.94. The molecule has 3 aliphatic carbocycles. The summed E-state index contributed by atoms with van der Waals surface area (Å²) < 4.78 is 35.5. The number of carbonyl (C=O) groups is 5. The van der Waals surface area contributed by atoms with Crippen molar-refractivity contribution in [3.63, 3.8) is 0 Å². The van der Waals surface area contributed by atoms with Gasteiger partial charge in [0.05, 0.1) is 49.6 Å². The van der Waals surface area contributed by atoms with E-state index in [1.165, 1.54) is 6.92 Å². The van der Waals surface area contributed by atoms with Crippen molar-refractivity contribution in [3.8, 4) is 0 Å². The zero-order chi connectivity index (χ0) is 45.6. The van der Waals surface area contributed by atoms with E-state index in [4.69, 9.17) is 28.4 Å². The predicted molar refractivity (Wildman–Crippen MR) is 224 cm³/mol. The Bertz CT molecular complexity index is 2080. The SMILES string of the molecule is CC1=C2[C@@H](O)C(=O)[C@@]3(C)C([C@@H]4CO[C@@H]4C[C@@H]3O)[C@H](OC(=O)c3ccccc3)[C@](O)(C[C@@H]1OC(=O)[C@H](OC(=O)CN1CCOCC1)[C@@H](NC(=O)OC(C)(C)C)c1ccccc1)C2(C)C.